The lowest BCUT2D eigenvalue weighted by Gasteiger charge is -2.36. The summed E-state index contributed by atoms with van der Waals surface area (Å²) >= 11 is 9.59. The Kier molecular flexibility index (Phi) is 6.44. The molecule has 9 heteroatoms. The lowest BCUT2D eigenvalue weighted by molar-refractivity contribution is 0.370. The third-order valence-electron chi connectivity index (χ3n) is 4.87. The third-order valence-corrected chi connectivity index (χ3v) is 7.82. The van der Waals surface area contributed by atoms with Gasteiger partial charge in [0.25, 0.3) is 0 Å². The van der Waals surface area contributed by atoms with E-state index in [0.717, 1.165) is 11.3 Å². The van der Waals surface area contributed by atoms with E-state index in [0.29, 0.717) is 41.4 Å². The average molecular weight is 490 g/mol. The molecule has 0 bridgehead atoms. The van der Waals surface area contributed by atoms with Gasteiger partial charge in [-0.2, -0.15) is 4.31 Å². The fourth-order valence-corrected chi connectivity index (χ4v) is 5.51. The molecular weight excluding hydrogens is 468 g/mol. The largest absolute Gasteiger partial charge is 0.496 e. The fraction of sp³-hybridized carbons (Fsp3) is 0.368. The molecule has 1 saturated heterocycles. The summed E-state index contributed by atoms with van der Waals surface area (Å²) in [4.78, 5) is 2.26. The summed E-state index contributed by atoms with van der Waals surface area (Å²) in [6, 6.07) is 8.87. The second-order valence-electron chi connectivity index (χ2n) is 6.41. The number of hydrogen-bond acceptors (Lipinski definition) is 5. The Balaban J connectivity index is 1.85. The molecule has 1 fully saturated rings. The molecule has 0 aromatic heterocycles. The summed E-state index contributed by atoms with van der Waals surface area (Å²) in [6.45, 7) is 3.87. The van der Waals surface area contributed by atoms with Crippen molar-refractivity contribution in [3.05, 3.63) is 45.4 Å². The van der Waals surface area contributed by atoms with Gasteiger partial charge in [0.2, 0.25) is 10.0 Å². The lowest BCUT2D eigenvalue weighted by atomic mass is 10.1. The second kappa shape index (κ2) is 8.49. The molecule has 0 amide bonds. The Labute approximate surface area is 179 Å². The van der Waals surface area contributed by atoms with Gasteiger partial charge in [0, 0.05) is 43.0 Å². The number of ether oxygens (including phenoxy) is 2. The Hall–Kier alpha value is -1.48. The minimum atomic E-state index is -3.72. The van der Waals surface area contributed by atoms with Crippen molar-refractivity contribution in [2.45, 2.75) is 11.8 Å². The van der Waals surface area contributed by atoms with E-state index in [1.807, 2.05) is 25.1 Å². The fourth-order valence-electron chi connectivity index (χ4n) is 3.28. The van der Waals surface area contributed by atoms with Gasteiger partial charge < -0.3 is 14.4 Å². The molecule has 0 unspecified atom stereocenters. The Bertz CT molecular complexity index is 976. The van der Waals surface area contributed by atoms with E-state index in [1.165, 1.54) is 24.6 Å². The van der Waals surface area contributed by atoms with E-state index in [2.05, 4.69) is 20.8 Å². The zero-order valence-corrected chi connectivity index (χ0v) is 19.1. The molecule has 0 aliphatic carbocycles. The molecule has 0 radical (unpaired) electrons. The van der Waals surface area contributed by atoms with Crippen molar-refractivity contribution in [1.82, 2.24) is 4.31 Å². The third kappa shape index (κ3) is 3.96. The van der Waals surface area contributed by atoms with Crippen LogP contribution in [0.4, 0.5) is 5.69 Å². The SMILES string of the molecule is COc1cc(S(=O)(=O)N2CCN(c3cccc(Cl)c3C)CC2)c(OC)cc1Br. The predicted molar refractivity (Wildman–Crippen MR) is 114 cm³/mol. The van der Waals surface area contributed by atoms with Crippen LogP contribution in [0, 0.1) is 6.92 Å². The van der Waals surface area contributed by atoms with Crippen molar-refractivity contribution in [2.24, 2.45) is 0 Å². The number of anilines is 1. The van der Waals surface area contributed by atoms with E-state index in [1.54, 1.807) is 6.07 Å². The average Bonchev–Trinajstić information content (AvgIpc) is 2.69. The molecule has 0 atom stereocenters. The maximum Gasteiger partial charge on any atom is 0.247 e. The van der Waals surface area contributed by atoms with Crippen LogP contribution in [0.25, 0.3) is 0 Å². The molecule has 1 heterocycles. The summed E-state index contributed by atoms with van der Waals surface area (Å²) in [5.41, 5.74) is 2.03. The Morgan fingerprint density at radius 3 is 2.29 bits per heavy atom. The van der Waals surface area contributed by atoms with E-state index in [9.17, 15) is 8.42 Å². The molecule has 3 rings (SSSR count). The highest BCUT2D eigenvalue weighted by Crippen LogP contribution is 2.37. The molecule has 6 nitrogen and oxygen atoms in total. The number of methoxy groups -OCH3 is 2. The number of rotatable bonds is 5. The van der Waals surface area contributed by atoms with Crippen LogP contribution in [0.1, 0.15) is 5.56 Å². The molecule has 2 aromatic carbocycles. The molecule has 0 saturated carbocycles. The summed E-state index contributed by atoms with van der Waals surface area (Å²) in [6.07, 6.45) is 0. The molecule has 0 N–H and O–H groups in total. The molecule has 28 heavy (non-hydrogen) atoms. The first kappa shape index (κ1) is 21.2. The van der Waals surface area contributed by atoms with Crippen molar-refractivity contribution >= 4 is 43.2 Å². The van der Waals surface area contributed by atoms with Crippen molar-refractivity contribution in [3.63, 3.8) is 0 Å². The molecular formula is C19H22BrClN2O4S. The number of sulfonamides is 1. The van der Waals surface area contributed by atoms with Crippen LogP contribution in [0.15, 0.2) is 39.7 Å². The lowest BCUT2D eigenvalue weighted by Crippen LogP contribution is -2.48. The van der Waals surface area contributed by atoms with Crippen molar-refractivity contribution < 1.29 is 17.9 Å². The van der Waals surface area contributed by atoms with Crippen molar-refractivity contribution in [2.75, 3.05) is 45.3 Å². The van der Waals surface area contributed by atoms with E-state index >= 15 is 0 Å². The van der Waals surface area contributed by atoms with Gasteiger partial charge in [-0.25, -0.2) is 8.42 Å². The minimum absolute atomic E-state index is 0.0995. The zero-order chi connectivity index (χ0) is 20.5. The summed E-state index contributed by atoms with van der Waals surface area (Å²) in [7, 11) is -0.777. The first-order valence-corrected chi connectivity index (χ1v) is 11.3. The van der Waals surface area contributed by atoms with Gasteiger partial charge in [0.15, 0.2) is 0 Å². The van der Waals surface area contributed by atoms with Crippen LogP contribution in [0.3, 0.4) is 0 Å². The highest BCUT2D eigenvalue weighted by molar-refractivity contribution is 9.10. The van der Waals surface area contributed by atoms with Gasteiger partial charge in [0.1, 0.15) is 16.4 Å². The normalized spacial score (nSPS) is 15.5. The first-order valence-electron chi connectivity index (χ1n) is 8.71. The van der Waals surface area contributed by atoms with Crippen LogP contribution < -0.4 is 14.4 Å². The van der Waals surface area contributed by atoms with Crippen molar-refractivity contribution in [1.29, 1.82) is 0 Å². The second-order valence-corrected chi connectivity index (χ2v) is 9.58. The van der Waals surface area contributed by atoms with Crippen molar-refractivity contribution in [3.8, 4) is 11.5 Å². The van der Waals surface area contributed by atoms with E-state index < -0.39 is 10.0 Å². The number of nitrogens with zero attached hydrogens (tertiary/aromatic N) is 2. The summed E-state index contributed by atoms with van der Waals surface area (Å²) in [5, 5.41) is 0.708. The highest BCUT2D eigenvalue weighted by atomic mass is 79.9. The molecule has 1 aliphatic heterocycles. The molecule has 0 spiro atoms. The number of halogens is 2. The molecule has 152 valence electrons. The Morgan fingerprint density at radius 2 is 1.68 bits per heavy atom. The number of hydrogen-bond donors (Lipinski definition) is 0. The topological polar surface area (TPSA) is 59.1 Å². The van der Waals surface area contributed by atoms with Gasteiger partial charge in [0.05, 0.1) is 18.7 Å². The highest BCUT2D eigenvalue weighted by Gasteiger charge is 2.32. The van der Waals surface area contributed by atoms with Gasteiger partial charge in [-0.1, -0.05) is 17.7 Å². The van der Waals surface area contributed by atoms with Crippen LogP contribution in [-0.2, 0) is 10.0 Å². The Morgan fingerprint density at radius 1 is 1.04 bits per heavy atom. The first-order chi connectivity index (χ1) is 13.3. The van der Waals surface area contributed by atoms with Gasteiger partial charge in [-0.3, -0.25) is 0 Å². The van der Waals surface area contributed by atoms with E-state index in [4.69, 9.17) is 21.1 Å². The monoisotopic (exact) mass is 488 g/mol. The zero-order valence-electron chi connectivity index (χ0n) is 15.9. The quantitative estimate of drug-likeness (QED) is 0.637. The minimum Gasteiger partial charge on any atom is -0.496 e. The number of piperazine rings is 1. The maximum atomic E-state index is 13.2. The smallest absolute Gasteiger partial charge is 0.247 e. The predicted octanol–water partition coefficient (Wildman–Crippen LogP) is 3.94. The summed E-state index contributed by atoms with van der Waals surface area (Å²) in [5.74, 6) is 0.716. The van der Waals surface area contributed by atoms with Gasteiger partial charge >= 0.3 is 0 Å². The van der Waals surface area contributed by atoms with E-state index in [-0.39, 0.29) is 10.6 Å². The standard InChI is InChI=1S/C19H22BrClN2O4S/c1-13-15(21)5-4-6-16(13)22-7-9-23(10-8-22)28(24,25)19-12-17(26-2)14(20)11-18(19)27-3/h4-6,11-12H,7-10H2,1-3H3. The maximum absolute atomic E-state index is 13.2. The molecule has 2 aromatic rings. The van der Waals surface area contributed by atoms with Crippen LogP contribution in [0.2, 0.25) is 5.02 Å². The van der Waals surface area contributed by atoms with Crippen LogP contribution >= 0.6 is 27.5 Å². The van der Waals surface area contributed by atoms with Gasteiger partial charge in [-0.15, -0.1) is 0 Å². The van der Waals surface area contributed by atoms with Crippen LogP contribution in [0.5, 0.6) is 11.5 Å². The van der Waals surface area contributed by atoms with Crippen LogP contribution in [-0.4, -0.2) is 53.1 Å². The number of benzene rings is 2. The molecule has 1 aliphatic rings. The summed E-state index contributed by atoms with van der Waals surface area (Å²) < 4.78 is 39.2. The van der Waals surface area contributed by atoms with Gasteiger partial charge in [-0.05, 0) is 46.6 Å².